The van der Waals surface area contributed by atoms with Crippen molar-refractivity contribution in [3.63, 3.8) is 0 Å². The molecule has 3 amide bonds. The summed E-state index contributed by atoms with van der Waals surface area (Å²) in [4.78, 5) is 44.9. The first-order chi connectivity index (χ1) is 16.0. The summed E-state index contributed by atoms with van der Waals surface area (Å²) in [6.45, 7) is 8.08. The number of hydrogen-bond donors (Lipinski definition) is 2. The average molecular weight is 441 g/mol. The number of imide groups is 1. The first-order valence-corrected chi connectivity index (χ1v) is 10.9. The molecule has 7 nitrogen and oxygen atoms in total. The predicted octanol–water partition coefficient (Wildman–Crippen LogP) is 2.88. The van der Waals surface area contributed by atoms with Crippen molar-refractivity contribution in [2.75, 3.05) is 31.1 Å². The van der Waals surface area contributed by atoms with E-state index in [4.69, 9.17) is 0 Å². The third-order valence-corrected chi connectivity index (χ3v) is 6.41. The fraction of sp³-hybridized carbons (Fsp3) is 0.192. The van der Waals surface area contributed by atoms with Gasteiger partial charge in [-0.2, -0.15) is 0 Å². The molecular formula is C26H24N4O3. The number of rotatable bonds is 4. The maximum Gasteiger partial charge on any atom is 0.259 e. The molecule has 33 heavy (non-hydrogen) atoms. The van der Waals surface area contributed by atoms with E-state index in [2.05, 4.69) is 21.8 Å². The minimum Gasteiger partial charge on any atom is -0.368 e. The van der Waals surface area contributed by atoms with Crippen LogP contribution >= 0.6 is 0 Å². The number of carbonyl (C=O) groups excluding carboxylic acids is 3. The van der Waals surface area contributed by atoms with Crippen molar-refractivity contribution in [1.29, 1.82) is 0 Å². The van der Waals surface area contributed by atoms with Crippen molar-refractivity contribution >= 4 is 45.5 Å². The third kappa shape index (κ3) is 3.51. The Kier molecular flexibility index (Phi) is 5.09. The third-order valence-electron chi connectivity index (χ3n) is 6.41. The van der Waals surface area contributed by atoms with Crippen LogP contribution in [0.5, 0.6) is 0 Å². The van der Waals surface area contributed by atoms with Gasteiger partial charge in [0.15, 0.2) is 0 Å². The van der Waals surface area contributed by atoms with Crippen molar-refractivity contribution in [2.24, 2.45) is 0 Å². The first kappa shape index (κ1) is 20.8. The highest BCUT2D eigenvalue weighted by Gasteiger charge is 2.34. The number of aromatic amines is 1. The van der Waals surface area contributed by atoms with Gasteiger partial charge < -0.3 is 14.8 Å². The summed E-state index contributed by atoms with van der Waals surface area (Å²) >= 11 is 0. The van der Waals surface area contributed by atoms with Gasteiger partial charge in [0.1, 0.15) is 0 Å². The molecule has 1 aromatic heterocycles. The van der Waals surface area contributed by atoms with Crippen molar-refractivity contribution in [1.82, 2.24) is 15.2 Å². The van der Waals surface area contributed by atoms with Crippen molar-refractivity contribution in [2.45, 2.75) is 6.92 Å². The van der Waals surface area contributed by atoms with E-state index in [-0.39, 0.29) is 17.7 Å². The van der Waals surface area contributed by atoms with E-state index in [1.165, 1.54) is 6.08 Å². The Morgan fingerprint density at radius 2 is 1.67 bits per heavy atom. The van der Waals surface area contributed by atoms with E-state index >= 15 is 0 Å². The predicted molar refractivity (Wildman–Crippen MR) is 128 cm³/mol. The highest BCUT2D eigenvalue weighted by molar-refractivity contribution is 6.50. The highest BCUT2D eigenvalue weighted by Crippen LogP contribution is 2.37. The van der Waals surface area contributed by atoms with Crippen LogP contribution in [0, 0.1) is 6.92 Å². The summed E-state index contributed by atoms with van der Waals surface area (Å²) in [6, 6.07) is 13.7. The number of fused-ring (bicyclic) bond motifs is 1. The van der Waals surface area contributed by atoms with Crippen LogP contribution in [0.4, 0.5) is 5.69 Å². The van der Waals surface area contributed by atoms with Crippen LogP contribution in [0.15, 0.2) is 61.3 Å². The summed E-state index contributed by atoms with van der Waals surface area (Å²) in [5, 5.41) is 3.38. The van der Waals surface area contributed by atoms with Crippen molar-refractivity contribution in [3.05, 3.63) is 78.0 Å². The molecule has 1 fully saturated rings. The molecule has 0 aliphatic carbocycles. The molecule has 3 aromatic rings. The van der Waals surface area contributed by atoms with Gasteiger partial charge >= 0.3 is 0 Å². The quantitative estimate of drug-likeness (QED) is 0.483. The maximum atomic E-state index is 13.0. The number of hydrogen-bond acceptors (Lipinski definition) is 4. The zero-order chi connectivity index (χ0) is 23.1. The molecule has 1 saturated heterocycles. The molecule has 2 aromatic carbocycles. The maximum absolute atomic E-state index is 13.0. The fourth-order valence-electron chi connectivity index (χ4n) is 4.64. The highest BCUT2D eigenvalue weighted by atomic mass is 16.2. The van der Waals surface area contributed by atoms with Crippen molar-refractivity contribution in [3.8, 4) is 0 Å². The number of carbonyl (C=O) groups is 3. The van der Waals surface area contributed by atoms with Crippen molar-refractivity contribution < 1.29 is 14.4 Å². The lowest BCUT2D eigenvalue weighted by Crippen LogP contribution is -2.48. The van der Waals surface area contributed by atoms with Crippen LogP contribution in [0.3, 0.4) is 0 Å². The zero-order valence-electron chi connectivity index (χ0n) is 18.4. The van der Waals surface area contributed by atoms with E-state index in [1.54, 1.807) is 11.1 Å². The minimum absolute atomic E-state index is 0.0612. The van der Waals surface area contributed by atoms with Gasteiger partial charge in [-0.15, -0.1) is 0 Å². The summed E-state index contributed by atoms with van der Waals surface area (Å²) in [5.41, 5.74) is 5.01. The van der Waals surface area contributed by atoms with Crippen LogP contribution < -0.4 is 10.2 Å². The molecule has 0 atom stereocenters. The van der Waals surface area contributed by atoms with Crippen LogP contribution in [-0.4, -0.2) is 53.8 Å². The summed E-state index contributed by atoms with van der Waals surface area (Å²) < 4.78 is 0. The average Bonchev–Trinajstić information content (AvgIpc) is 3.38. The van der Waals surface area contributed by atoms with E-state index in [1.807, 2.05) is 49.4 Å². The Morgan fingerprint density at radius 1 is 0.970 bits per heavy atom. The lowest BCUT2D eigenvalue weighted by molar-refractivity contribution is -0.126. The molecule has 2 N–H and O–H groups in total. The van der Waals surface area contributed by atoms with Gasteiger partial charge in [0.05, 0.1) is 11.1 Å². The van der Waals surface area contributed by atoms with E-state index in [0.29, 0.717) is 42.9 Å². The Hall–Kier alpha value is -4.13. The number of nitrogens with one attached hydrogen (secondary N) is 2. The lowest BCUT2D eigenvalue weighted by Gasteiger charge is -2.36. The van der Waals surface area contributed by atoms with E-state index in [9.17, 15) is 14.4 Å². The van der Waals surface area contributed by atoms with Crippen LogP contribution in [0.1, 0.15) is 16.7 Å². The number of benzene rings is 2. The van der Waals surface area contributed by atoms with Gasteiger partial charge in [-0.25, -0.2) is 0 Å². The topological polar surface area (TPSA) is 85.5 Å². The number of aryl methyl sites for hydroxylation is 1. The van der Waals surface area contributed by atoms with Crippen LogP contribution in [0.25, 0.3) is 22.0 Å². The molecule has 0 saturated carbocycles. The molecule has 0 bridgehead atoms. The largest absolute Gasteiger partial charge is 0.368 e. The number of anilines is 1. The standard InChI is InChI=1S/C26H24N4O3/c1-3-22(31)30-12-10-29(11-13-30)17-9-8-16(2)19(14-17)23-24(26(33)28-25(23)32)20-15-27-21-7-5-4-6-18(20)21/h3-9,14-15,27H,1,10-13H2,2H3,(H,28,32,33). The lowest BCUT2D eigenvalue weighted by atomic mass is 9.92. The molecule has 0 unspecified atom stereocenters. The molecule has 2 aliphatic heterocycles. The monoisotopic (exact) mass is 440 g/mol. The molecule has 7 heteroatoms. The van der Waals surface area contributed by atoms with Crippen LogP contribution in [0.2, 0.25) is 0 Å². The number of H-pyrrole nitrogens is 1. The number of para-hydroxylation sites is 1. The Balaban J connectivity index is 1.56. The van der Waals surface area contributed by atoms with Gasteiger partial charge in [0, 0.05) is 54.5 Å². The van der Waals surface area contributed by atoms with Crippen LogP contribution in [-0.2, 0) is 14.4 Å². The molecule has 166 valence electrons. The molecule has 0 radical (unpaired) electrons. The molecule has 5 rings (SSSR count). The Morgan fingerprint density at radius 3 is 2.39 bits per heavy atom. The number of piperazine rings is 1. The van der Waals surface area contributed by atoms with E-state index in [0.717, 1.165) is 27.7 Å². The summed E-state index contributed by atoms with van der Waals surface area (Å²) in [5.74, 6) is -0.836. The molecule has 2 aliphatic rings. The Bertz CT molecular complexity index is 1340. The second kappa shape index (κ2) is 8.09. The van der Waals surface area contributed by atoms with Gasteiger partial charge in [0.2, 0.25) is 5.91 Å². The van der Waals surface area contributed by atoms with Gasteiger partial charge in [-0.3, -0.25) is 19.7 Å². The normalized spacial score (nSPS) is 16.5. The van der Waals surface area contributed by atoms with E-state index < -0.39 is 0 Å². The van der Waals surface area contributed by atoms with Gasteiger partial charge in [0.25, 0.3) is 11.8 Å². The number of nitrogens with zero attached hydrogens (tertiary/aromatic N) is 2. The summed E-state index contributed by atoms with van der Waals surface area (Å²) in [7, 11) is 0. The van der Waals surface area contributed by atoms with Gasteiger partial charge in [-0.05, 0) is 42.3 Å². The second-order valence-electron chi connectivity index (χ2n) is 8.30. The summed E-state index contributed by atoms with van der Waals surface area (Å²) in [6.07, 6.45) is 3.13. The number of aromatic nitrogens is 1. The van der Waals surface area contributed by atoms with Gasteiger partial charge in [-0.1, -0.05) is 30.8 Å². The second-order valence-corrected chi connectivity index (χ2v) is 8.30. The minimum atomic E-state index is -0.388. The molecule has 0 spiro atoms. The smallest absolute Gasteiger partial charge is 0.259 e. The number of amides is 3. The molecule has 3 heterocycles. The first-order valence-electron chi connectivity index (χ1n) is 10.9. The SMILES string of the molecule is C=CC(=O)N1CCN(c2ccc(C)c(C3=C(c4c[nH]c5ccccc45)C(=O)NC3=O)c2)CC1. The zero-order valence-corrected chi connectivity index (χ0v) is 18.4. The fourth-order valence-corrected chi connectivity index (χ4v) is 4.64. The molecular weight excluding hydrogens is 416 g/mol. The Labute approximate surface area is 191 Å².